The summed E-state index contributed by atoms with van der Waals surface area (Å²) in [6.07, 6.45) is 4.39. The number of nitrogens with one attached hydrogen (secondary N) is 3. The third kappa shape index (κ3) is 4.69. The third-order valence-electron chi connectivity index (χ3n) is 5.44. The van der Waals surface area contributed by atoms with Gasteiger partial charge in [0.05, 0.1) is 10.7 Å². The number of hydrogen-bond acceptors (Lipinski definition) is 9. The van der Waals surface area contributed by atoms with E-state index in [1.165, 1.54) is 24.4 Å². The van der Waals surface area contributed by atoms with Gasteiger partial charge in [-0.3, -0.25) is 4.72 Å². The lowest BCUT2D eigenvalue weighted by Gasteiger charge is -2.15. The quantitative estimate of drug-likeness (QED) is 0.305. The molecule has 3 aromatic heterocycles. The van der Waals surface area contributed by atoms with Crippen molar-refractivity contribution in [1.29, 1.82) is 0 Å². The van der Waals surface area contributed by atoms with Crippen LogP contribution in [-0.2, 0) is 10.0 Å². The van der Waals surface area contributed by atoms with Gasteiger partial charge in [-0.05, 0) is 31.0 Å². The molecule has 5 rings (SSSR count). The Labute approximate surface area is 211 Å². The smallest absolute Gasteiger partial charge is 0.267 e. The van der Waals surface area contributed by atoms with Crippen LogP contribution in [0.3, 0.4) is 0 Å². The molecular weight excluding hydrogens is 509 g/mol. The predicted octanol–water partition coefficient (Wildman–Crippen LogP) is 4.30. The summed E-state index contributed by atoms with van der Waals surface area (Å²) in [5.41, 5.74) is 0.696. The van der Waals surface area contributed by atoms with Crippen LogP contribution in [-0.4, -0.2) is 48.6 Å². The van der Waals surface area contributed by atoms with Gasteiger partial charge in [0.2, 0.25) is 11.8 Å². The number of anilines is 3. The number of benzene rings is 1. The van der Waals surface area contributed by atoms with E-state index >= 15 is 4.39 Å². The first-order valence-corrected chi connectivity index (χ1v) is 12.8. The van der Waals surface area contributed by atoms with Crippen molar-refractivity contribution in [3.05, 3.63) is 53.6 Å². The molecule has 10 nitrogen and oxygen atoms in total. The number of fused-ring (bicyclic) bond motifs is 1. The van der Waals surface area contributed by atoms with E-state index in [-0.39, 0.29) is 33.2 Å². The maximum absolute atomic E-state index is 15.7. The third-order valence-corrected chi connectivity index (χ3v) is 7.01. The molecule has 1 aliphatic rings. The topological polar surface area (TPSA) is 131 Å². The molecule has 0 radical (unpaired) electrons. The maximum atomic E-state index is 15.7. The minimum Gasteiger partial charge on any atom is -0.473 e. The van der Waals surface area contributed by atoms with Gasteiger partial charge in [-0.25, -0.2) is 27.8 Å². The highest BCUT2D eigenvalue weighted by Gasteiger charge is 2.30. The molecule has 0 unspecified atom stereocenters. The number of hydrogen-bond donors (Lipinski definition) is 3. The van der Waals surface area contributed by atoms with Crippen molar-refractivity contribution >= 4 is 50.1 Å². The molecule has 0 amide bonds. The second kappa shape index (κ2) is 9.36. The fraction of sp³-hybridized carbons (Fsp3) is 0.217. The van der Waals surface area contributed by atoms with E-state index in [4.69, 9.17) is 16.3 Å². The summed E-state index contributed by atoms with van der Waals surface area (Å²) >= 11 is 6.00. The first kappa shape index (κ1) is 23.9. The molecular formula is C23H21ClFN7O3S. The van der Waals surface area contributed by atoms with Crippen LogP contribution < -0.4 is 20.1 Å². The Kier molecular flexibility index (Phi) is 6.22. The van der Waals surface area contributed by atoms with Gasteiger partial charge < -0.3 is 15.4 Å². The Bertz CT molecular complexity index is 1580. The van der Waals surface area contributed by atoms with E-state index in [0.29, 0.717) is 28.4 Å². The number of aromatic nitrogens is 4. The van der Waals surface area contributed by atoms with Gasteiger partial charge in [0.15, 0.2) is 16.4 Å². The molecule has 4 aromatic rings. The van der Waals surface area contributed by atoms with Crippen molar-refractivity contribution < 1.29 is 17.5 Å². The van der Waals surface area contributed by atoms with E-state index in [2.05, 4.69) is 35.3 Å². The van der Waals surface area contributed by atoms with Crippen molar-refractivity contribution in [2.45, 2.75) is 23.8 Å². The minimum absolute atomic E-state index is 0.0805. The predicted molar refractivity (Wildman–Crippen MR) is 136 cm³/mol. The van der Waals surface area contributed by atoms with Crippen LogP contribution in [0.15, 0.2) is 47.6 Å². The van der Waals surface area contributed by atoms with Crippen molar-refractivity contribution in [3.8, 4) is 17.0 Å². The number of halogens is 2. The zero-order chi connectivity index (χ0) is 25.4. The van der Waals surface area contributed by atoms with E-state index in [9.17, 15) is 8.42 Å². The molecule has 1 aromatic carbocycles. The molecule has 1 fully saturated rings. The van der Waals surface area contributed by atoms with E-state index in [0.717, 1.165) is 12.8 Å². The Morgan fingerprint density at radius 2 is 1.86 bits per heavy atom. The number of nitrogens with zero attached hydrogens (tertiary/aromatic N) is 4. The normalized spacial score (nSPS) is 13.4. The van der Waals surface area contributed by atoms with Gasteiger partial charge in [-0.15, -0.1) is 0 Å². The lowest BCUT2D eigenvalue weighted by Crippen LogP contribution is -2.16. The van der Waals surface area contributed by atoms with Crippen molar-refractivity contribution in [2.75, 3.05) is 29.5 Å². The number of pyridine rings is 2. The van der Waals surface area contributed by atoms with Crippen LogP contribution in [0.5, 0.6) is 5.88 Å². The van der Waals surface area contributed by atoms with Crippen LogP contribution in [0.2, 0.25) is 5.02 Å². The van der Waals surface area contributed by atoms with Gasteiger partial charge in [0, 0.05) is 43.0 Å². The molecule has 3 N–H and O–H groups in total. The highest BCUT2D eigenvalue weighted by Crippen LogP contribution is 2.36. The van der Waals surface area contributed by atoms with Gasteiger partial charge in [0.25, 0.3) is 10.0 Å². The first-order chi connectivity index (χ1) is 17.3. The standard InChI is InChI=1S/C23H21ClFN7O3S/c1-26-21-16(8-12-10-29-23(27-2)31-20(12)30-21)15-4-3-5-17(19(15)25)32-36(33,34)18-9-13(24)11-28-22(18)35-14-6-7-14/h3-5,8-11,14,32H,6-7H2,1-2H3,(H2,26,27,29,30,31). The van der Waals surface area contributed by atoms with Crippen LogP contribution in [0, 0.1) is 5.82 Å². The maximum Gasteiger partial charge on any atom is 0.267 e. The summed E-state index contributed by atoms with van der Waals surface area (Å²) < 4.78 is 50.1. The van der Waals surface area contributed by atoms with Crippen molar-refractivity contribution in [1.82, 2.24) is 19.9 Å². The van der Waals surface area contributed by atoms with E-state index in [1.807, 2.05) is 0 Å². The summed E-state index contributed by atoms with van der Waals surface area (Å²) in [5.74, 6) is -0.108. The van der Waals surface area contributed by atoms with Crippen LogP contribution >= 0.6 is 11.6 Å². The fourth-order valence-corrected chi connectivity index (χ4v) is 4.92. The summed E-state index contributed by atoms with van der Waals surface area (Å²) in [6.45, 7) is 0. The molecule has 0 bridgehead atoms. The number of sulfonamides is 1. The average molecular weight is 530 g/mol. The molecule has 1 aliphatic carbocycles. The summed E-state index contributed by atoms with van der Waals surface area (Å²) in [7, 11) is -0.944. The zero-order valence-electron chi connectivity index (χ0n) is 19.2. The molecule has 186 valence electrons. The van der Waals surface area contributed by atoms with E-state index in [1.54, 1.807) is 32.4 Å². The Hall–Kier alpha value is -3.77. The summed E-state index contributed by atoms with van der Waals surface area (Å²) in [6, 6.07) is 7.31. The lowest BCUT2D eigenvalue weighted by atomic mass is 10.0. The molecule has 0 atom stereocenters. The Morgan fingerprint density at radius 3 is 2.58 bits per heavy atom. The molecule has 36 heavy (non-hydrogen) atoms. The molecule has 0 saturated heterocycles. The van der Waals surface area contributed by atoms with Crippen LogP contribution in [0.4, 0.5) is 21.8 Å². The fourth-order valence-electron chi connectivity index (χ4n) is 3.53. The molecule has 0 aliphatic heterocycles. The van der Waals surface area contributed by atoms with E-state index < -0.39 is 15.8 Å². The molecule has 3 heterocycles. The largest absolute Gasteiger partial charge is 0.473 e. The Morgan fingerprint density at radius 1 is 1.06 bits per heavy atom. The highest BCUT2D eigenvalue weighted by molar-refractivity contribution is 7.92. The zero-order valence-corrected chi connectivity index (χ0v) is 20.8. The summed E-state index contributed by atoms with van der Waals surface area (Å²) in [5, 5.41) is 6.48. The van der Waals surface area contributed by atoms with Gasteiger partial charge in [0.1, 0.15) is 11.9 Å². The average Bonchev–Trinajstić information content (AvgIpc) is 3.69. The van der Waals surface area contributed by atoms with Crippen molar-refractivity contribution in [2.24, 2.45) is 0 Å². The van der Waals surface area contributed by atoms with Crippen molar-refractivity contribution in [3.63, 3.8) is 0 Å². The monoisotopic (exact) mass is 529 g/mol. The summed E-state index contributed by atoms with van der Waals surface area (Å²) in [4.78, 5) is 16.7. The minimum atomic E-state index is -4.28. The highest BCUT2D eigenvalue weighted by atomic mass is 35.5. The molecule has 1 saturated carbocycles. The second-order valence-corrected chi connectivity index (χ2v) is 10.1. The van der Waals surface area contributed by atoms with Crippen LogP contribution in [0.25, 0.3) is 22.2 Å². The molecule has 13 heteroatoms. The first-order valence-electron chi connectivity index (χ1n) is 11.0. The lowest BCUT2D eigenvalue weighted by molar-refractivity contribution is 0.282. The van der Waals surface area contributed by atoms with Crippen LogP contribution in [0.1, 0.15) is 12.8 Å². The second-order valence-electron chi connectivity index (χ2n) is 8.04. The number of rotatable bonds is 8. The number of ether oxygens (including phenoxy) is 1. The van der Waals surface area contributed by atoms with Gasteiger partial charge in [-0.1, -0.05) is 23.7 Å². The van der Waals surface area contributed by atoms with Gasteiger partial charge in [-0.2, -0.15) is 4.98 Å². The molecule has 0 spiro atoms. The SMILES string of the molecule is CNc1ncc2cc(-c3cccc(NS(=O)(=O)c4cc(Cl)cnc4OC4CC4)c3F)c(NC)nc2n1. The van der Waals surface area contributed by atoms with Gasteiger partial charge >= 0.3 is 0 Å². The Balaban J connectivity index is 1.55.